The average Bonchev–Trinajstić information content (AvgIpc) is 3.58. The van der Waals surface area contributed by atoms with Crippen molar-refractivity contribution in [3.05, 3.63) is 81.5 Å². The third kappa shape index (κ3) is 3.37. The molecule has 9 nitrogen and oxygen atoms in total. The summed E-state index contributed by atoms with van der Waals surface area (Å²) in [4.78, 5) is 44.2. The van der Waals surface area contributed by atoms with Gasteiger partial charge in [-0.2, -0.15) is 4.98 Å². The lowest BCUT2D eigenvalue weighted by molar-refractivity contribution is -0.119. The third-order valence-electron chi connectivity index (χ3n) is 7.68. The molecular formula is C29H24Cl2N6O3. The lowest BCUT2D eigenvalue weighted by Crippen LogP contribution is -2.51. The SMILES string of the molecule is COc1nc(C2CC2)ncc1-c1nc2c(n1C(C)C)C1(C(=O)Nc3cc(Cl)ccc31)N(c1cccc(Cl)c1)C2=O. The number of aromatic nitrogens is 4. The number of hydrogen-bond donors (Lipinski definition) is 1. The Morgan fingerprint density at radius 1 is 1.07 bits per heavy atom. The van der Waals surface area contributed by atoms with Gasteiger partial charge in [-0.15, -0.1) is 0 Å². The normalized spacial score (nSPS) is 19.4. The summed E-state index contributed by atoms with van der Waals surface area (Å²) in [6.45, 7) is 3.96. The van der Waals surface area contributed by atoms with E-state index in [-0.39, 0.29) is 11.7 Å². The van der Waals surface area contributed by atoms with E-state index < -0.39 is 17.4 Å². The standard InChI is InChI=1S/C29H24Cl2N6O3/c1-14(2)36-23-22(34-25(36)19-13-32-24(15-7-8-15)35-26(19)40-3)27(38)37(18-6-4-5-16(30)11-18)29(23)20-10-9-17(31)12-21(20)33-28(29)39/h4-6,9-15H,7-8H2,1-3H3,(H,33,39). The number of rotatable bonds is 5. The first kappa shape index (κ1) is 25.0. The predicted octanol–water partition coefficient (Wildman–Crippen LogP) is 5.97. The summed E-state index contributed by atoms with van der Waals surface area (Å²) in [7, 11) is 1.55. The summed E-state index contributed by atoms with van der Waals surface area (Å²) >= 11 is 12.7. The molecule has 2 aromatic carbocycles. The molecule has 4 heterocycles. The Balaban J connectivity index is 1.54. The molecule has 7 rings (SSSR count). The zero-order chi connectivity index (χ0) is 27.9. The van der Waals surface area contributed by atoms with Gasteiger partial charge >= 0.3 is 0 Å². The number of halogens is 2. The van der Waals surface area contributed by atoms with Crippen molar-refractivity contribution in [1.82, 2.24) is 19.5 Å². The maximum absolute atomic E-state index is 14.4. The van der Waals surface area contributed by atoms with Gasteiger partial charge in [-0.05, 0) is 57.0 Å². The number of carbonyl (C=O) groups is 2. The van der Waals surface area contributed by atoms with Crippen LogP contribution in [0.1, 0.15) is 66.2 Å². The minimum absolute atomic E-state index is 0.162. The molecule has 0 bridgehead atoms. The van der Waals surface area contributed by atoms with Gasteiger partial charge in [-0.25, -0.2) is 9.97 Å². The first-order valence-electron chi connectivity index (χ1n) is 13.0. The molecule has 4 aromatic rings. The van der Waals surface area contributed by atoms with Crippen LogP contribution in [0.25, 0.3) is 11.4 Å². The summed E-state index contributed by atoms with van der Waals surface area (Å²) < 4.78 is 7.60. The Morgan fingerprint density at radius 3 is 2.55 bits per heavy atom. The van der Waals surface area contributed by atoms with E-state index in [0.29, 0.717) is 55.9 Å². The van der Waals surface area contributed by atoms with Crippen molar-refractivity contribution in [1.29, 1.82) is 0 Å². The Bertz CT molecular complexity index is 1750. The molecule has 202 valence electrons. The zero-order valence-corrected chi connectivity index (χ0v) is 23.4. The van der Waals surface area contributed by atoms with Crippen LogP contribution in [0.4, 0.5) is 11.4 Å². The Kier molecular flexibility index (Phi) is 5.49. The second kappa shape index (κ2) is 8.78. The van der Waals surface area contributed by atoms with E-state index in [0.717, 1.165) is 18.7 Å². The van der Waals surface area contributed by atoms with Crippen LogP contribution in [-0.4, -0.2) is 38.4 Å². The van der Waals surface area contributed by atoms with Crippen molar-refractivity contribution in [2.24, 2.45) is 0 Å². The second-order valence-corrected chi connectivity index (χ2v) is 11.4. The van der Waals surface area contributed by atoms with Crippen LogP contribution in [0.15, 0.2) is 48.7 Å². The minimum Gasteiger partial charge on any atom is -0.480 e. The van der Waals surface area contributed by atoms with Crippen LogP contribution in [0.2, 0.25) is 10.0 Å². The topological polar surface area (TPSA) is 102 Å². The fourth-order valence-electron chi connectivity index (χ4n) is 5.86. The van der Waals surface area contributed by atoms with E-state index in [4.69, 9.17) is 32.9 Å². The van der Waals surface area contributed by atoms with E-state index in [1.807, 2.05) is 18.4 Å². The number of nitrogens with zero attached hydrogens (tertiary/aromatic N) is 5. The third-order valence-corrected chi connectivity index (χ3v) is 8.15. The molecule has 1 saturated carbocycles. The summed E-state index contributed by atoms with van der Waals surface area (Å²) in [6.07, 6.45) is 3.79. The molecule has 1 fully saturated rings. The van der Waals surface area contributed by atoms with E-state index in [1.54, 1.807) is 55.8 Å². The van der Waals surface area contributed by atoms with Crippen LogP contribution >= 0.6 is 23.2 Å². The number of benzene rings is 2. The van der Waals surface area contributed by atoms with E-state index in [9.17, 15) is 9.59 Å². The van der Waals surface area contributed by atoms with Crippen LogP contribution < -0.4 is 15.0 Å². The van der Waals surface area contributed by atoms with Crippen molar-refractivity contribution in [3.8, 4) is 17.3 Å². The van der Waals surface area contributed by atoms with Crippen molar-refractivity contribution in [2.75, 3.05) is 17.3 Å². The first-order chi connectivity index (χ1) is 19.2. The molecule has 1 spiro atoms. The Labute approximate surface area is 240 Å². The van der Waals surface area contributed by atoms with Gasteiger partial charge in [-0.3, -0.25) is 14.5 Å². The lowest BCUT2D eigenvalue weighted by Gasteiger charge is -2.35. The summed E-state index contributed by atoms with van der Waals surface area (Å²) in [5.74, 6) is 1.07. The Morgan fingerprint density at radius 2 is 1.85 bits per heavy atom. The van der Waals surface area contributed by atoms with Gasteiger partial charge in [0.25, 0.3) is 11.8 Å². The number of carbonyl (C=O) groups excluding carboxylic acids is 2. The van der Waals surface area contributed by atoms with Crippen molar-refractivity contribution in [3.63, 3.8) is 0 Å². The quantitative estimate of drug-likeness (QED) is 0.315. The van der Waals surface area contributed by atoms with Gasteiger partial charge in [0.15, 0.2) is 11.2 Å². The molecule has 1 N–H and O–H groups in total. The zero-order valence-electron chi connectivity index (χ0n) is 21.9. The molecule has 0 radical (unpaired) electrons. The van der Waals surface area contributed by atoms with Crippen LogP contribution in [0, 0.1) is 0 Å². The van der Waals surface area contributed by atoms with E-state index >= 15 is 0 Å². The molecule has 3 aliphatic rings. The molecule has 11 heteroatoms. The number of hydrogen-bond acceptors (Lipinski definition) is 6. The maximum atomic E-state index is 14.4. The van der Waals surface area contributed by atoms with Crippen molar-refractivity contribution < 1.29 is 14.3 Å². The molecule has 1 atom stereocenters. The van der Waals surface area contributed by atoms with Crippen LogP contribution in [0.3, 0.4) is 0 Å². The molecule has 1 aliphatic carbocycles. The highest BCUT2D eigenvalue weighted by molar-refractivity contribution is 6.32. The Hall–Kier alpha value is -3.95. The fraction of sp³-hybridized carbons (Fsp3) is 0.276. The lowest BCUT2D eigenvalue weighted by atomic mass is 9.87. The van der Waals surface area contributed by atoms with Gasteiger partial charge in [-0.1, -0.05) is 35.3 Å². The van der Waals surface area contributed by atoms with Crippen LogP contribution in [0.5, 0.6) is 5.88 Å². The number of methoxy groups -OCH3 is 1. The highest BCUT2D eigenvalue weighted by Gasteiger charge is 2.64. The number of ether oxygens (including phenoxy) is 1. The number of anilines is 2. The second-order valence-electron chi connectivity index (χ2n) is 10.5. The predicted molar refractivity (Wildman–Crippen MR) is 151 cm³/mol. The van der Waals surface area contributed by atoms with Gasteiger partial charge in [0.1, 0.15) is 11.6 Å². The first-order valence-corrected chi connectivity index (χ1v) is 13.8. The monoisotopic (exact) mass is 574 g/mol. The van der Waals surface area contributed by atoms with E-state index in [2.05, 4.69) is 15.3 Å². The molecule has 2 aliphatic heterocycles. The van der Waals surface area contributed by atoms with Gasteiger partial charge in [0.05, 0.1) is 18.4 Å². The van der Waals surface area contributed by atoms with Crippen molar-refractivity contribution >= 4 is 46.4 Å². The molecule has 2 amide bonds. The largest absolute Gasteiger partial charge is 0.480 e. The van der Waals surface area contributed by atoms with Gasteiger partial charge in [0, 0.05) is 45.1 Å². The van der Waals surface area contributed by atoms with Crippen molar-refractivity contribution in [2.45, 2.75) is 44.2 Å². The summed E-state index contributed by atoms with van der Waals surface area (Å²) in [6, 6.07) is 11.9. The fourth-order valence-corrected chi connectivity index (χ4v) is 6.22. The highest BCUT2D eigenvalue weighted by Crippen LogP contribution is 2.54. The average molecular weight is 575 g/mol. The summed E-state index contributed by atoms with van der Waals surface area (Å²) in [5, 5.41) is 3.87. The van der Waals surface area contributed by atoms with E-state index in [1.165, 1.54) is 4.90 Å². The molecule has 1 unspecified atom stereocenters. The minimum atomic E-state index is -1.56. The number of fused-ring (bicyclic) bond motifs is 4. The van der Waals surface area contributed by atoms with Gasteiger partial charge < -0.3 is 14.6 Å². The molecule has 2 aromatic heterocycles. The molecular weight excluding hydrogens is 551 g/mol. The number of imidazole rings is 1. The number of nitrogens with one attached hydrogen (secondary N) is 1. The smallest absolute Gasteiger partial charge is 0.280 e. The highest BCUT2D eigenvalue weighted by atomic mass is 35.5. The maximum Gasteiger partial charge on any atom is 0.280 e. The number of amides is 2. The molecule has 40 heavy (non-hydrogen) atoms. The molecule has 0 saturated heterocycles. The van der Waals surface area contributed by atoms with Gasteiger partial charge in [0.2, 0.25) is 5.88 Å². The van der Waals surface area contributed by atoms with Crippen LogP contribution in [-0.2, 0) is 10.3 Å². The summed E-state index contributed by atoms with van der Waals surface area (Å²) in [5.41, 5.74) is 1.19.